The highest BCUT2D eigenvalue weighted by Gasteiger charge is 2.27. The molecule has 1 aromatic carbocycles. The highest BCUT2D eigenvalue weighted by Crippen LogP contribution is 2.20. The van der Waals surface area contributed by atoms with Crippen LogP contribution >= 0.6 is 0 Å². The Bertz CT molecular complexity index is 432. The fourth-order valence-electron chi connectivity index (χ4n) is 3.10. The fourth-order valence-corrected chi connectivity index (χ4v) is 3.10. The van der Waals surface area contributed by atoms with E-state index in [0.29, 0.717) is 5.92 Å². The summed E-state index contributed by atoms with van der Waals surface area (Å²) in [5.41, 5.74) is 1.35. The molecule has 21 heavy (non-hydrogen) atoms. The van der Waals surface area contributed by atoms with Crippen molar-refractivity contribution in [2.75, 3.05) is 20.1 Å². The molecule has 3 heteroatoms. The molecule has 2 unspecified atom stereocenters. The maximum atomic E-state index is 12.5. The molecule has 1 heterocycles. The van der Waals surface area contributed by atoms with E-state index in [1.165, 1.54) is 18.4 Å². The van der Waals surface area contributed by atoms with Crippen LogP contribution in [0.25, 0.3) is 0 Å². The summed E-state index contributed by atoms with van der Waals surface area (Å²) < 4.78 is 0. The molecule has 2 atom stereocenters. The predicted molar refractivity (Wildman–Crippen MR) is 87.2 cm³/mol. The molecule has 3 nitrogen and oxygen atoms in total. The zero-order valence-corrected chi connectivity index (χ0v) is 13.3. The van der Waals surface area contributed by atoms with E-state index in [-0.39, 0.29) is 11.9 Å². The van der Waals surface area contributed by atoms with Crippen molar-refractivity contribution in [3.05, 3.63) is 35.9 Å². The highest BCUT2D eigenvalue weighted by atomic mass is 16.2. The van der Waals surface area contributed by atoms with Crippen molar-refractivity contribution in [1.82, 2.24) is 10.2 Å². The molecule has 2 rings (SSSR count). The van der Waals surface area contributed by atoms with Crippen LogP contribution in [0.1, 0.15) is 38.2 Å². The Labute approximate surface area is 128 Å². The number of benzene rings is 1. The summed E-state index contributed by atoms with van der Waals surface area (Å²) in [6, 6.07) is 10.5. The first kappa shape index (κ1) is 16.0. The van der Waals surface area contributed by atoms with Gasteiger partial charge in [0, 0.05) is 13.6 Å². The van der Waals surface area contributed by atoms with Crippen LogP contribution in [0, 0.1) is 5.92 Å². The van der Waals surface area contributed by atoms with Gasteiger partial charge < -0.3 is 10.2 Å². The van der Waals surface area contributed by atoms with Gasteiger partial charge in [-0.25, -0.2) is 0 Å². The van der Waals surface area contributed by atoms with E-state index < -0.39 is 0 Å². The summed E-state index contributed by atoms with van der Waals surface area (Å²) >= 11 is 0. The quantitative estimate of drug-likeness (QED) is 0.873. The first-order valence-corrected chi connectivity index (χ1v) is 8.23. The fraction of sp³-hybridized carbons (Fsp3) is 0.611. The molecule has 0 spiro atoms. The van der Waals surface area contributed by atoms with Gasteiger partial charge in [-0.05, 0) is 43.7 Å². The molecular formula is C18H28N2O. The van der Waals surface area contributed by atoms with Gasteiger partial charge in [0.1, 0.15) is 0 Å². The maximum Gasteiger partial charge on any atom is 0.239 e. The van der Waals surface area contributed by atoms with E-state index in [9.17, 15) is 4.79 Å². The van der Waals surface area contributed by atoms with Crippen LogP contribution in [-0.2, 0) is 11.2 Å². The third-order valence-electron chi connectivity index (χ3n) is 4.57. The van der Waals surface area contributed by atoms with Gasteiger partial charge in [-0.2, -0.15) is 0 Å². The van der Waals surface area contributed by atoms with Crippen molar-refractivity contribution in [2.45, 2.75) is 45.1 Å². The van der Waals surface area contributed by atoms with Gasteiger partial charge >= 0.3 is 0 Å². The Morgan fingerprint density at radius 1 is 1.33 bits per heavy atom. The van der Waals surface area contributed by atoms with Gasteiger partial charge in [0.05, 0.1) is 6.04 Å². The Morgan fingerprint density at radius 2 is 2.10 bits per heavy atom. The maximum absolute atomic E-state index is 12.5. The van der Waals surface area contributed by atoms with Crippen LogP contribution in [0.15, 0.2) is 30.3 Å². The van der Waals surface area contributed by atoms with Crippen LogP contribution < -0.4 is 5.32 Å². The number of likely N-dealkylation sites (N-methyl/N-ethyl adjacent to an activating group) is 1. The van der Waals surface area contributed by atoms with Crippen molar-refractivity contribution < 1.29 is 4.79 Å². The van der Waals surface area contributed by atoms with Gasteiger partial charge in [0.15, 0.2) is 0 Å². The average Bonchev–Trinajstić information content (AvgIpc) is 2.55. The summed E-state index contributed by atoms with van der Waals surface area (Å²) in [7, 11) is 1.94. The molecule has 0 bridgehead atoms. The molecule has 0 aromatic heterocycles. The number of carbonyl (C=O) groups excluding carboxylic acids is 1. The summed E-state index contributed by atoms with van der Waals surface area (Å²) in [6.45, 7) is 4.04. The van der Waals surface area contributed by atoms with Crippen molar-refractivity contribution in [2.24, 2.45) is 5.92 Å². The Kier molecular flexibility index (Phi) is 6.24. The number of carbonyl (C=O) groups is 1. The minimum atomic E-state index is 0.0328. The van der Waals surface area contributed by atoms with Crippen LogP contribution in [-0.4, -0.2) is 37.0 Å². The number of amides is 1. The van der Waals surface area contributed by atoms with Crippen LogP contribution in [0.5, 0.6) is 0 Å². The Morgan fingerprint density at radius 3 is 2.81 bits per heavy atom. The molecule has 0 saturated carbocycles. The number of nitrogens with zero attached hydrogens (tertiary/aromatic N) is 1. The lowest BCUT2D eigenvalue weighted by molar-refractivity contribution is -0.133. The zero-order valence-electron chi connectivity index (χ0n) is 13.3. The molecule has 1 saturated heterocycles. The van der Waals surface area contributed by atoms with Crippen molar-refractivity contribution in [1.29, 1.82) is 0 Å². The lowest BCUT2D eigenvalue weighted by atomic mass is 9.90. The molecule has 116 valence electrons. The number of aryl methyl sites for hydroxylation is 1. The van der Waals surface area contributed by atoms with E-state index >= 15 is 0 Å². The summed E-state index contributed by atoms with van der Waals surface area (Å²) in [4.78, 5) is 14.4. The first-order chi connectivity index (χ1) is 10.2. The Balaban J connectivity index is 1.74. The van der Waals surface area contributed by atoms with Gasteiger partial charge in [0.25, 0.3) is 0 Å². The smallest absolute Gasteiger partial charge is 0.239 e. The number of rotatable bonds is 6. The van der Waals surface area contributed by atoms with Crippen LogP contribution in [0.2, 0.25) is 0 Å². The standard InChI is InChI=1S/C18H28N2O/c1-3-15-11-12-19-17(14-15)18(21)20(2)13-7-10-16-8-5-4-6-9-16/h4-6,8-9,15,17,19H,3,7,10-14H2,1-2H3. The van der Waals surface area contributed by atoms with Gasteiger partial charge in [-0.15, -0.1) is 0 Å². The largest absolute Gasteiger partial charge is 0.344 e. The summed E-state index contributed by atoms with van der Waals surface area (Å²) in [5.74, 6) is 0.971. The molecule has 1 aliphatic heterocycles. The predicted octanol–water partition coefficient (Wildman–Crippen LogP) is 2.86. The van der Waals surface area contributed by atoms with Crippen molar-refractivity contribution >= 4 is 5.91 Å². The monoisotopic (exact) mass is 288 g/mol. The molecule has 0 radical (unpaired) electrons. The van der Waals surface area contributed by atoms with Crippen molar-refractivity contribution in [3.63, 3.8) is 0 Å². The van der Waals surface area contributed by atoms with Crippen LogP contribution in [0.3, 0.4) is 0 Å². The van der Waals surface area contributed by atoms with Crippen LogP contribution in [0.4, 0.5) is 0 Å². The van der Waals surface area contributed by atoms with E-state index in [1.807, 2.05) is 18.0 Å². The van der Waals surface area contributed by atoms with Gasteiger partial charge in [0.2, 0.25) is 5.91 Å². The van der Waals surface area contributed by atoms with E-state index in [0.717, 1.165) is 32.4 Å². The van der Waals surface area contributed by atoms with Gasteiger partial charge in [-0.1, -0.05) is 43.7 Å². The number of nitrogens with one attached hydrogen (secondary N) is 1. The minimum absolute atomic E-state index is 0.0328. The molecule has 1 aliphatic rings. The summed E-state index contributed by atoms with van der Waals surface area (Å²) in [6.07, 6.45) is 5.45. The van der Waals surface area contributed by atoms with E-state index in [2.05, 4.69) is 36.5 Å². The number of hydrogen-bond acceptors (Lipinski definition) is 2. The number of hydrogen-bond donors (Lipinski definition) is 1. The second-order valence-corrected chi connectivity index (χ2v) is 6.15. The lowest BCUT2D eigenvalue weighted by Crippen LogP contribution is -2.49. The lowest BCUT2D eigenvalue weighted by Gasteiger charge is -2.31. The van der Waals surface area contributed by atoms with E-state index in [4.69, 9.17) is 0 Å². The molecule has 1 N–H and O–H groups in total. The Hall–Kier alpha value is -1.35. The second-order valence-electron chi connectivity index (χ2n) is 6.15. The zero-order chi connectivity index (χ0) is 15.1. The first-order valence-electron chi connectivity index (χ1n) is 8.23. The molecule has 1 aromatic rings. The second kappa shape index (κ2) is 8.18. The third kappa shape index (κ3) is 4.85. The third-order valence-corrected chi connectivity index (χ3v) is 4.57. The molecule has 1 fully saturated rings. The summed E-state index contributed by atoms with van der Waals surface area (Å²) in [5, 5.41) is 3.38. The van der Waals surface area contributed by atoms with Crippen molar-refractivity contribution in [3.8, 4) is 0 Å². The highest BCUT2D eigenvalue weighted by molar-refractivity contribution is 5.81. The molecule has 0 aliphatic carbocycles. The number of piperidine rings is 1. The van der Waals surface area contributed by atoms with Gasteiger partial charge in [-0.3, -0.25) is 4.79 Å². The topological polar surface area (TPSA) is 32.3 Å². The molecule has 1 amide bonds. The minimum Gasteiger partial charge on any atom is -0.344 e. The molecular weight excluding hydrogens is 260 g/mol. The SMILES string of the molecule is CCC1CCNC(C(=O)N(C)CCCc2ccccc2)C1. The average molecular weight is 288 g/mol. The van der Waals surface area contributed by atoms with E-state index in [1.54, 1.807) is 0 Å². The normalized spacial score (nSPS) is 22.0.